The number of halogens is 1. The molecule has 0 aliphatic rings. The van der Waals surface area contributed by atoms with Crippen LogP contribution in [0.5, 0.6) is 0 Å². The Morgan fingerprint density at radius 2 is 2.05 bits per heavy atom. The summed E-state index contributed by atoms with van der Waals surface area (Å²) in [7, 11) is -3.43. The molecule has 0 aliphatic carbocycles. The zero-order valence-electron chi connectivity index (χ0n) is 11.5. The number of unbranched alkanes of at least 4 members (excludes halogenated alkanes) is 1. The quantitative estimate of drug-likeness (QED) is 0.623. The van der Waals surface area contributed by atoms with Crippen molar-refractivity contribution in [3.8, 4) is 11.5 Å². The van der Waals surface area contributed by atoms with Crippen molar-refractivity contribution < 1.29 is 12.9 Å². The predicted molar refractivity (Wildman–Crippen MR) is 81.8 cm³/mol. The van der Waals surface area contributed by atoms with E-state index in [0.717, 1.165) is 0 Å². The van der Waals surface area contributed by atoms with Crippen LogP contribution in [0, 0.1) is 6.92 Å². The average molecular weight is 330 g/mol. The van der Waals surface area contributed by atoms with Crippen LogP contribution in [0.4, 0.5) is 5.69 Å². The molecule has 2 rings (SSSR count). The molecule has 0 amide bonds. The zero-order valence-corrected chi connectivity index (χ0v) is 13.1. The fourth-order valence-corrected chi connectivity index (χ4v) is 3.16. The van der Waals surface area contributed by atoms with Crippen molar-refractivity contribution in [1.82, 2.24) is 10.1 Å². The van der Waals surface area contributed by atoms with Gasteiger partial charge in [0.25, 0.3) is 5.89 Å². The third kappa shape index (κ3) is 4.44. The van der Waals surface area contributed by atoms with Gasteiger partial charge in [-0.1, -0.05) is 17.3 Å². The second-order valence-corrected chi connectivity index (χ2v) is 6.73. The Morgan fingerprint density at radius 3 is 2.71 bits per heavy atom. The van der Waals surface area contributed by atoms with Crippen LogP contribution in [0.15, 0.2) is 28.8 Å². The molecule has 21 heavy (non-hydrogen) atoms. The molecule has 1 aromatic heterocycles. The summed E-state index contributed by atoms with van der Waals surface area (Å²) >= 11 is 5.56. The number of sulfonamides is 1. The van der Waals surface area contributed by atoms with Crippen molar-refractivity contribution in [2.45, 2.75) is 19.8 Å². The lowest BCUT2D eigenvalue weighted by Crippen LogP contribution is -2.17. The SMILES string of the molecule is Cc1noc(-c2ccccc2NS(=O)(=O)CCCCCl)n1. The number of anilines is 1. The predicted octanol–water partition coefficient (Wildman–Crippen LogP) is 2.81. The van der Waals surface area contributed by atoms with Crippen molar-refractivity contribution in [3.63, 3.8) is 0 Å². The van der Waals surface area contributed by atoms with Gasteiger partial charge >= 0.3 is 0 Å². The van der Waals surface area contributed by atoms with Crippen LogP contribution < -0.4 is 4.72 Å². The number of aromatic nitrogens is 2. The molecule has 0 fully saturated rings. The molecule has 1 aromatic carbocycles. The highest BCUT2D eigenvalue weighted by Crippen LogP contribution is 2.27. The molecule has 8 heteroatoms. The summed E-state index contributed by atoms with van der Waals surface area (Å²) in [6.07, 6.45) is 1.17. The van der Waals surface area contributed by atoms with Gasteiger partial charge in [0.15, 0.2) is 5.82 Å². The van der Waals surface area contributed by atoms with Crippen molar-refractivity contribution in [3.05, 3.63) is 30.1 Å². The van der Waals surface area contributed by atoms with E-state index in [1.165, 1.54) is 0 Å². The minimum Gasteiger partial charge on any atom is -0.334 e. The van der Waals surface area contributed by atoms with Crippen LogP contribution in [0.1, 0.15) is 18.7 Å². The summed E-state index contributed by atoms with van der Waals surface area (Å²) in [5.74, 6) is 1.25. The molecule has 0 spiro atoms. The maximum Gasteiger partial charge on any atom is 0.260 e. The molecule has 0 bridgehead atoms. The van der Waals surface area contributed by atoms with Gasteiger partial charge in [-0.2, -0.15) is 4.98 Å². The van der Waals surface area contributed by atoms with Gasteiger partial charge in [-0.25, -0.2) is 8.42 Å². The van der Waals surface area contributed by atoms with Gasteiger partial charge in [-0.3, -0.25) is 4.72 Å². The summed E-state index contributed by atoms with van der Waals surface area (Å²) in [6.45, 7) is 1.70. The van der Waals surface area contributed by atoms with Crippen LogP contribution in [-0.4, -0.2) is 30.2 Å². The monoisotopic (exact) mass is 329 g/mol. The lowest BCUT2D eigenvalue weighted by Gasteiger charge is -2.10. The fraction of sp³-hybridized carbons (Fsp3) is 0.385. The maximum atomic E-state index is 12.0. The second-order valence-electron chi connectivity index (χ2n) is 4.51. The first kappa shape index (κ1) is 15.8. The van der Waals surface area contributed by atoms with E-state index in [4.69, 9.17) is 16.1 Å². The Morgan fingerprint density at radius 1 is 1.29 bits per heavy atom. The van der Waals surface area contributed by atoms with E-state index < -0.39 is 10.0 Å². The van der Waals surface area contributed by atoms with Crippen molar-refractivity contribution in [2.24, 2.45) is 0 Å². The van der Waals surface area contributed by atoms with Crippen molar-refractivity contribution >= 4 is 27.3 Å². The first-order valence-electron chi connectivity index (χ1n) is 6.48. The van der Waals surface area contributed by atoms with E-state index in [1.807, 2.05) is 0 Å². The number of hydrogen-bond donors (Lipinski definition) is 1. The van der Waals surface area contributed by atoms with Gasteiger partial charge in [0.1, 0.15) is 0 Å². The summed E-state index contributed by atoms with van der Waals surface area (Å²) in [4.78, 5) is 4.12. The standard InChI is InChI=1S/C13H16ClN3O3S/c1-10-15-13(20-16-10)11-6-2-3-7-12(11)17-21(18,19)9-5-4-8-14/h2-3,6-7,17H,4-5,8-9H2,1H3. The van der Waals surface area contributed by atoms with Gasteiger partial charge in [-0.15, -0.1) is 11.6 Å². The molecule has 0 saturated heterocycles. The van der Waals surface area contributed by atoms with E-state index in [1.54, 1.807) is 31.2 Å². The number of nitrogens with zero attached hydrogens (tertiary/aromatic N) is 2. The summed E-state index contributed by atoms with van der Waals surface area (Å²) in [6, 6.07) is 6.90. The molecule has 1 heterocycles. The van der Waals surface area contributed by atoms with Gasteiger partial charge in [0.05, 0.1) is 17.0 Å². The fourth-order valence-electron chi connectivity index (χ4n) is 1.77. The van der Waals surface area contributed by atoms with Crippen molar-refractivity contribution in [2.75, 3.05) is 16.4 Å². The second kappa shape index (κ2) is 6.91. The van der Waals surface area contributed by atoms with Gasteiger partial charge in [-0.05, 0) is 31.9 Å². The van der Waals surface area contributed by atoms with E-state index in [9.17, 15) is 8.42 Å². The highest BCUT2D eigenvalue weighted by Gasteiger charge is 2.16. The maximum absolute atomic E-state index is 12.0. The van der Waals surface area contributed by atoms with Gasteiger partial charge in [0, 0.05) is 5.88 Å². The number of para-hydroxylation sites is 1. The highest BCUT2D eigenvalue weighted by molar-refractivity contribution is 7.92. The molecule has 0 aliphatic heterocycles. The average Bonchev–Trinajstić information content (AvgIpc) is 2.85. The molecule has 0 radical (unpaired) electrons. The highest BCUT2D eigenvalue weighted by atomic mass is 35.5. The Labute approximate surface area is 128 Å². The number of nitrogens with one attached hydrogen (secondary N) is 1. The van der Waals surface area contributed by atoms with Gasteiger partial charge in [0.2, 0.25) is 10.0 Å². The summed E-state index contributed by atoms with van der Waals surface area (Å²) < 4.78 is 31.7. The minimum atomic E-state index is -3.43. The van der Waals surface area contributed by atoms with Crippen LogP contribution in [0.25, 0.3) is 11.5 Å². The Bertz CT molecular complexity index is 700. The number of alkyl halides is 1. The molecule has 114 valence electrons. The van der Waals surface area contributed by atoms with Crippen molar-refractivity contribution in [1.29, 1.82) is 0 Å². The summed E-state index contributed by atoms with van der Waals surface area (Å²) in [5, 5.41) is 3.71. The molecule has 0 atom stereocenters. The first-order valence-corrected chi connectivity index (χ1v) is 8.67. The molecule has 0 unspecified atom stereocenters. The largest absolute Gasteiger partial charge is 0.334 e. The molecule has 1 N–H and O–H groups in total. The topological polar surface area (TPSA) is 85.1 Å². The lowest BCUT2D eigenvalue weighted by molar-refractivity contribution is 0.426. The van der Waals surface area contributed by atoms with E-state index in [0.29, 0.717) is 35.8 Å². The molecule has 6 nitrogen and oxygen atoms in total. The van der Waals surface area contributed by atoms with Crippen LogP contribution in [0.3, 0.4) is 0 Å². The normalized spacial score (nSPS) is 11.5. The van der Waals surface area contributed by atoms with E-state index in [-0.39, 0.29) is 11.6 Å². The third-order valence-corrected chi connectivity index (χ3v) is 4.37. The Hall–Kier alpha value is -1.60. The molecular formula is C13H16ClN3O3S. The minimum absolute atomic E-state index is 0.0247. The number of benzene rings is 1. The smallest absolute Gasteiger partial charge is 0.260 e. The molecule has 0 saturated carbocycles. The Kier molecular flexibility index (Phi) is 5.19. The summed E-state index contributed by atoms with van der Waals surface area (Å²) in [5.41, 5.74) is 0.978. The number of rotatable bonds is 7. The zero-order chi connectivity index (χ0) is 15.3. The number of aryl methyl sites for hydroxylation is 1. The van der Waals surface area contributed by atoms with Crippen LogP contribution >= 0.6 is 11.6 Å². The number of hydrogen-bond acceptors (Lipinski definition) is 5. The molecular weight excluding hydrogens is 314 g/mol. The van der Waals surface area contributed by atoms with Crippen LogP contribution in [-0.2, 0) is 10.0 Å². The van der Waals surface area contributed by atoms with E-state index >= 15 is 0 Å². The van der Waals surface area contributed by atoms with Gasteiger partial charge < -0.3 is 4.52 Å². The van der Waals surface area contributed by atoms with E-state index in [2.05, 4.69) is 14.9 Å². The van der Waals surface area contributed by atoms with Crippen LogP contribution in [0.2, 0.25) is 0 Å². The Balaban J connectivity index is 2.21. The lowest BCUT2D eigenvalue weighted by atomic mass is 10.2. The molecule has 2 aromatic rings. The first-order chi connectivity index (χ1) is 10.0. The third-order valence-electron chi connectivity index (χ3n) is 2.75.